The molecular weight excluding hydrogens is 202 g/mol. The van der Waals surface area contributed by atoms with Gasteiger partial charge in [-0.05, 0) is 13.2 Å². The van der Waals surface area contributed by atoms with Gasteiger partial charge in [-0.3, -0.25) is 0 Å². The molecule has 1 atom stereocenters. The Balaban J connectivity index is 3.53. The van der Waals surface area contributed by atoms with Crippen LogP contribution >= 0.6 is 11.8 Å². The van der Waals surface area contributed by atoms with Crippen molar-refractivity contribution in [3.05, 3.63) is 0 Å². The number of nitrogens with one attached hydrogen (secondary N) is 1. The van der Waals surface area contributed by atoms with Crippen molar-refractivity contribution in [2.24, 2.45) is 10.9 Å². The predicted molar refractivity (Wildman–Crippen MR) is 59.9 cm³/mol. The Kier molecular flexibility index (Phi) is 6.69. The van der Waals surface area contributed by atoms with Crippen molar-refractivity contribution >= 4 is 17.6 Å². The highest BCUT2D eigenvalue weighted by Gasteiger charge is 2.18. The normalized spacial score (nSPS) is 16.6. The molecule has 0 aromatic heterocycles. The number of nitrogens with zero attached hydrogens (tertiary/aromatic N) is 1. The summed E-state index contributed by atoms with van der Waals surface area (Å²) < 4.78 is 0. The summed E-state index contributed by atoms with van der Waals surface area (Å²) in [5.41, 5.74) is 4.57. The number of amidine groups is 1. The Morgan fingerprint density at radius 1 is 1.64 bits per heavy atom. The first-order valence-corrected chi connectivity index (χ1v) is 5.79. The zero-order valence-corrected chi connectivity index (χ0v) is 9.47. The molecule has 0 radical (unpaired) electrons. The number of rotatable bonds is 7. The summed E-state index contributed by atoms with van der Waals surface area (Å²) >= 11 is 1.60. The maximum absolute atomic E-state index is 9.74. The average Bonchev–Trinajstić information content (AvgIpc) is 2.12. The van der Waals surface area contributed by atoms with Crippen LogP contribution in [-0.4, -0.2) is 46.8 Å². The fourth-order valence-corrected chi connectivity index (χ4v) is 1.71. The van der Waals surface area contributed by atoms with Crippen molar-refractivity contribution in [3.8, 4) is 0 Å². The van der Waals surface area contributed by atoms with Crippen LogP contribution in [-0.2, 0) is 0 Å². The molecule has 0 amide bonds. The Morgan fingerprint density at radius 2 is 2.29 bits per heavy atom. The Labute approximate surface area is 88.7 Å². The minimum atomic E-state index is -0.704. The first-order chi connectivity index (χ1) is 6.52. The first-order valence-electron chi connectivity index (χ1n) is 4.40. The zero-order valence-electron chi connectivity index (χ0n) is 8.66. The molecule has 0 aromatic carbocycles. The van der Waals surface area contributed by atoms with E-state index >= 15 is 0 Å². The molecule has 0 spiro atoms. The van der Waals surface area contributed by atoms with Gasteiger partial charge in [-0.15, -0.1) is 0 Å². The van der Waals surface area contributed by atoms with Gasteiger partial charge >= 0.3 is 0 Å². The van der Waals surface area contributed by atoms with E-state index in [2.05, 4.69) is 10.5 Å². The van der Waals surface area contributed by atoms with E-state index < -0.39 is 5.60 Å². The van der Waals surface area contributed by atoms with Crippen LogP contribution < -0.4 is 11.1 Å². The average molecular weight is 221 g/mol. The van der Waals surface area contributed by atoms with E-state index in [1.54, 1.807) is 18.7 Å². The smallest absolute Gasteiger partial charge is 0.140 e. The summed E-state index contributed by atoms with van der Waals surface area (Å²) in [6.45, 7) is 2.88. The standard InChI is InChI=1S/C8H19N3O2S/c1-8(12,6-14-2)5-10-4-3-7(9)11-13/h10,12-13H,3-6H2,1-2H3,(H2,9,11). The third-order valence-corrected chi connectivity index (χ3v) is 2.56. The lowest BCUT2D eigenvalue weighted by molar-refractivity contribution is 0.0853. The molecule has 0 fully saturated rings. The topological polar surface area (TPSA) is 90.9 Å². The SMILES string of the molecule is CSCC(C)(O)CNCCC(N)=NO. The van der Waals surface area contributed by atoms with Crippen LogP contribution in [0.4, 0.5) is 0 Å². The summed E-state index contributed by atoms with van der Waals surface area (Å²) in [7, 11) is 0. The fourth-order valence-electron chi connectivity index (χ4n) is 0.986. The lowest BCUT2D eigenvalue weighted by Gasteiger charge is -2.22. The van der Waals surface area contributed by atoms with E-state index in [-0.39, 0.29) is 5.84 Å². The third-order valence-electron chi connectivity index (χ3n) is 1.65. The van der Waals surface area contributed by atoms with E-state index in [1.165, 1.54) is 0 Å². The van der Waals surface area contributed by atoms with Gasteiger partial charge in [0.25, 0.3) is 0 Å². The lowest BCUT2D eigenvalue weighted by Crippen LogP contribution is -2.40. The molecule has 5 nitrogen and oxygen atoms in total. The molecule has 0 aliphatic heterocycles. The fraction of sp³-hybridized carbons (Fsp3) is 0.875. The maximum Gasteiger partial charge on any atom is 0.140 e. The van der Waals surface area contributed by atoms with Gasteiger partial charge in [-0.25, -0.2) is 0 Å². The molecule has 0 aliphatic rings. The zero-order chi connectivity index (χ0) is 11.0. The Bertz CT molecular complexity index is 185. The van der Waals surface area contributed by atoms with Crippen LogP contribution in [0.3, 0.4) is 0 Å². The van der Waals surface area contributed by atoms with Crippen LogP contribution in [0.1, 0.15) is 13.3 Å². The largest absolute Gasteiger partial charge is 0.409 e. The minimum absolute atomic E-state index is 0.196. The molecule has 5 N–H and O–H groups in total. The van der Waals surface area contributed by atoms with Gasteiger partial charge in [0.15, 0.2) is 0 Å². The van der Waals surface area contributed by atoms with E-state index in [4.69, 9.17) is 10.9 Å². The number of nitrogens with two attached hydrogens (primary N) is 1. The van der Waals surface area contributed by atoms with Gasteiger partial charge in [-0.1, -0.05) is 5.16 Å². The number of thioether (sulfide) groups is 1. The van der Waals surface area contributed by atoms with Crippen LogP contribution in [0, 0.1) is 0 Å². The summed E-state index contributed by atoms with van der Waals surface area (Å²) in [5, 5.41) is 23.9. The molecule has 0 saturated carbocycles. The molecule has 6 heteroatoms. The molecule has 14 heavy (non-hydrogen) atoms. The molecule has 0 saturated heterocycles. The van der Waals surface area contributed by atoms with Crippen molar-refractivity contribution in [1.82, 2.24) is 5.32 Å². The molecule has 0 heterocycles. The number of oxime groups is 1. The van der Waals surface area contributed by atoms with Crippen molar-refractivity contribution in [3.63, 3.8) is 0 Å². The van der Waals surface area contributed by atoms with Crippen LogP contribution in [0.25, 0.3) is 0 Å². The molecular formula is C8H19N3O2S. The molecule has 1 unspecified atom stereocenters. The predicted octanol–water partition coefficient (Wildman–Crippen LogP) is -0.173. The Hall–Kier alpha value is -0.460. The number of hydrogen-bond acceptors (Lipinski definition) is 5. The molecule has 0 rings (SSSR count). The highest BCUT2D eigenvalue weighted by atomic mass is 32.2. The highest BCUT2D eigenvalue weighted by molar-refractivity contribution is 7.98. The van der Waals surface area contributed by atoms with E-state index in [0.717, 1.165) is 0 Å². The third kappa shape index (κ3) is 6.99. The molecule has 84 valence electrons. The Morgan fingerprint density at radius 3 is 2.79 bits per heavy atom. The summed E-state index contributed by atoms with van der Waals surface area (Å²) in [6, 6.07) is 0. The van der Waals surface area contributed by atoms with Crippen molar-refractivity contribution in [2.45, 2.75) is 18.9 Å². The molecule has 0 bridgehead atoms. The van der Waals surface area contributed by atoms with Crippen molar-refractivity contribution < 1.29 is 10.3 Å². The van der Waals surface area contributed by atoms with Gasteiger partial charge in [0.2, 0.25) is 0 Å². The minimum Gasteiger partial charge on any atom is -0.409 e. The first kappa shape index (κ1) is 13.5. The quantitative estimate of drug-likeness (QED) is 0.157. The molecule has 0 aliphatic carbocycles. The highest BCUT2D eigenvalue weighted by Crippen LogP contribution is 2.08. The summed E-state index contributed by atoms with van der Waals surface area (Å²) in [4.78, 5) is 0. The van der Waals surface area contributed by atoms with E-state index in [1.807, 2.05) is 6.26 Å². The summed E-state index contributed by atoms with van der Waals surface area (Å²) in [5.74, 6) is 0.880. The lowest BCUT2D eigenvalue weighted by atomic mass is 10.1. The van der Waals surface area contributed by atoms with Crippen molar-refractivity contribution in [1.29, 1.82) is 0 Å². The van der Waals surface area contributed by atoms with Crippen molar-refractivity contribution in [2.75, 3.05) is 25.1 Å². The second-order valence-corrected chi connectivity index (χ2v) is 4.31. The maximum atomic E-state index is 9.74. The van der Waals surface area contributed by atoms with Crippen LogP contribution in [0.15, 0.2) is 5.16 Å². The second kappa shape index (κ2) is 6.92. The second-order valence-electron chi connectivity index (χ2n) is 3.45. The van der Waals surface area contributed by atoms with Gasteiger partial charge < -0.3 is 21.4 Å². The summed E-state index contributed by atoms with van der Waals surface area (Å²) in [6.07, 6.45) is 2.43. The van der Waals surface area contributed by atoms with Gasteiger partial charge in [-0.2, -0.15) is 11.8 Å². The van der Waals surface area contributed by atoms with Gasteiger partial charge in [0.1, 0.15) is 5.84 Å². The monoisotopic (exact) mass is 221 g/mol. The van der Waals surface area contributed by atoms with E-state index in [0.29, 0.717) is 25.3 Å². The van der Waals surface area contributed by atoms with Crippen LogP contribution in [0.2, 0.25) is 0 Å². The van der Waals surface area contributed by atoms with Gasteiger partial charge in [0, 0.05) is 25.3 Å². The van der Waals surface area contributed by atoms with E-state index in [9.17, 15) is 5.11 Å². The van der Waals surface area contributed by atoms with Gasteiger partial charge in [0.05, 0.1) is 5.60 Å². The number of aliphatic hydroxyl groups is 1. The molecule has 0 aromatic rings. The van der Waals surface area contributed by atoms with Crippen LogP contribution in [0.5, 0.6) is 0 Å². The number of hydrogen-bond donors (Lipinski definition) is 4.